The van der Waals surface area contributed by atoms with Crippen LogP contribution in [-0.4, -0.2) is 0 Å². The predicted octanol–water partition coefficient (Wildman–Crippen LogP) is 2.99. The molecule has 0 spiro atoms. The molecular weight excluding hydrogens is 343 g/mol. The first kappa shape index (κ1) is 13.1. The molecule has 0 saturated carbocycles. The molecule has 1 rings (SSSR count). The van der Waals surface area contributed by atoms with Crippen LogP contribution in [0.15, 0.2) is 36.4 Å². The summed E-state index contributed by atoms with van der Waals surface area (Å²) in [7, 11) is 0. The van der Waals surface area contributed by atoms with Crippen molar-refractivity contribution < 1.29 is 24.9 Å². The second-order valence-corrected chi connectivity index (χ2v) is 1.68. The molecule has 0 saturated heterocycles. The van der Waals surface area contributed by atoms with E-state index >= 15 is 0 Å². The van der Waals surface area contributed by atoms with E-state index in [1.54, 1.807) is 0 Å². The first-order chi connectivity index (χ1) is 4.41. The molecule has 0 aliphatic rings. The number of hydrogen-bond donors (Lipinski definition) is 0. The Hall–Kier alpha value is 0.448. The van der Waals surface area contributed by atoms with Crippen LogP contribution in [0.5, 0.6) is 0 Å². The molecule has 0 bridgehead atoms. The number of hydrogen-bond acceptors (Lipinski definition) is 1. The Labute approximate surface area is 84.9 Å². The number of halogens is 2. The molecule has 4 heteroatoms. The van der Waals surface area contributed by atoms with E-state index < -0.39 is 0 Å². The van der Waals surface area contributed by atoms with Crippen LogP contribution in [0.1, 0.15) is 0 Å². The van der Waals surface area contributed by atoms with Gasteiger partial charge in [0.05, 0.1) is 23.7 Å². The van der Waals surface area contributed by atoms with E-state index in [0.29, 0.717) is 0 Å². The van der Waals surface area contributed by atoms with Gasteiger partial charge in [-0.3, -0.25) is 0 Å². The largest absolute Gasteiger partial charge is 0.166 e. The Morgan fingerprint density at radius 3 is 0.900 bits per heavy atom. The smallest absolute Gasteiger partial charge is 0.0832 e. The third-order valence-electron chi connectivity index (χ3n) is 0.667. The maximum atomic E-state index is 4.26. The van der Waals surface area contributed by atoms with Crippen molar-refractivity contribution in [2.24, 2.45) is 0 Å². The zero-order chi connectivity index (χ0) is 6.95. The normalized spacial score (nSPS) is 6.60. The summed E-state index contributed by atoms with van der Waals surface area (Å²) in [5.74, 6) is 0. The van der Waals surface area contributed by atoms with Gasteiger partial charge in [-0.1, -0.05) is 36.4 Å². The molecule has 0 aromatic heterocycles. The Morgan fingerprint density at radius 2 is 0.800 bits per heavy atom. The maximum absolute atomic E-state index is 4.26. The zero-order valence-electron chi connectivity index (χ0n) is 5.04. The summed E-state index contributed by atoms with van der Waals surface area (Å²) >= 11 is 8.53. The summed E-state index contributed by atoms with van der Waals surface area (Å²) in [4.78, 5) is 0. The Balaban J connectivity index is 0. The maximum Gasteiger partial charge on any atom is 0.0832 e. The van der Waals surface area contributed by atoms with Gasteiger partial charge in [0.1, 0.15) is 0 Å². The molecule has 56 valence electrons. The van der Waals surface area contributed by atoms with Gasteiger partial charge in [-0.05, 0) is 0 Å². The topological polar surface area (TPSA) is 9.23 Å². The van der Waals surface area contributed by atoms with Crippen molar-refractivity contribution >= 4 is 23.7 Å². The standard InChI is InChI=1S/C6H6.Cl2O.W/c1-2-4-6-5-3-1;1-3-2;/h1-6H;;. The van der Waals surface area contributed by atoms with Gasteiger partial charge >= 0.3 is 0 Å². The van der Waals surface area contributed by atoms with Crippen LogP contribution in [0.25, 0.3) is 0 Å². The molecule has 1 aromatic carbocycles. The molecule has 0 atom stereocenters. The van der Waals surface area contributed by atoms with E-state index in [1.165, 1.54) is 0 Å². The van der Waals surface area contributed by atoms with E-state index in [-0.39, 0.29) is 21.1 Å². The van der Waals surface area contributed by atoms with E-state index in [0.717, 1.165) is 0 Å². The second kappa shape index (κ2) is 12.2. The Morgan fingerprint density at radius 1 is 0.700 bits per heavy atom. The fourth-order valence-corrected chi connectivity index (χ4v) is 0.385. The van der Waals surface area contributed by atoms with Crippen molar-refractivity contribution in [3.63, 3.8) is 0 Å². The summed E-state index contributed by atoms with van der Waals surface area (Å²) in [6, 6.07) is 12.0. The molecule has 0 unspecified atom stereocenters. The summed E-state index contributed by atoms with van der Waals surface area (Å²) in [5, 5.41) is 0. The van der Waals surface area contributed by atoms with Crippen LogP contribution in [0.4, 0.5) is 0 Å². The third kappa shape index (κ3) is 11.3. The van der Waals surface area contributed by atoms with Gasteiger partial charge in [-0.25, -0.2) is 0 Å². The summed E-state index contributed by atoms with van der Waals surface area (Å²) < 4.78 is 3.19. The monoisotopic (exact) mass is 348 g/mol. The minimum Gasteiger partial charge on any atom is -0.166 e. The first-order valence-electron chi connectivity index (χ1n) is 2.31. The molecule has 0 heterocycles. The average Bonchev–Trinajstić information content (AvgIpc) is 1.93. The zero-order valence-corrected chi connectivity index (χ0v) is 9.48. The molecular formula is C6H6Cl2OW. The van der Waals surface area contributed by atoms with Gasteiger partial charge in [0.2, 0.25) is 0 Å². The minimum absolute atomic E-state index is 0. The van der Waals surface area contributed by atoms with Crippen LogP contribution in [0, 0.1) is 0 Å². The summed E-state index contributed by atoms with van der Waals surface area (Å²) in [6.45, 7) is 0. The van der Waals surface area contributed by atoms with Gasteiger partial charge in [0.15, 0.2) is 0 Å². The van der Waals surface area contributed by atoms with Crippen molar-refractivity contribution in [2.45, 2.75) is 0 Å². The average molecular weight is 349 g/mol. The molecule has 1 nitrogen and oxygen atoms in total. The number of rotatable bonds is 0. The molecule has 0 fully saturated rings. The molecule has 0 N–H and O–H groups in total. The van der Waals surface area contributed by atoms with Gasteiger partial charge in [0, 0.05) is 21.1 Å². The van der Waals surface area contributed by atoms with E-state index in [9.17, 15) is 0 Å². The van der Waals surface area contributed by atoms with Crippen molar-refractivity contribution in [1.29, 1.82) is 0 Å². The van der Waals surface area contributed by atoms with Crippen LogP contribution >= 0.6 is 23.7 Å². The Bertz CT molecular complexity index is 98.6. The fourth-order valence-electron chi connectivity index (χ4n) is 0.385. The minimum atomic E-state index is 0. The molecule has 0 aliphatic heterocycles. The van der Waals surface area contributed by atoms with Gasteiger partial charge in [-0.15, -0.1) is 0 Å². The van der Waals surface area contributed by atoms with Crippen molar-refractivity contribution in [1.82, 2.24) is 0 Å². The predicted molar refractivity (Wildman–Crippen MR) is 39.2 cm³/mol. The SMILES string of the molecule is ClOCl.[W].c1ccccc1. The van der Waals surface area contributed by atoms with E-state index in [2.05, 4.69) is 27.6 Å². The van der Waals surface area contributed by atoms with Crippen molar-refractivity contribution in [3.8, 4) is 0 Å². The second-order valence-electron chi connectivity index (χ2n) is 1.21. The van der Waals surface area contributed by atoms with Crippen LogP contribution in [0.3, 0.4) is 0 Å². The molecule has 0 aliphatic carbocycles. The Kier molecular flexibility index (Phi) is 15.9. The van der Waals surface area contributed by atoms with Crippen LogP contribution < -0.4 is 0 Å². The van der Waals surface area contributed by atoms with E-state index in [1.807, 2.05) is 36.4 Å². The van der Waals surface area contributed by atoms with Gasteiger partial charge in [0.25, 0.3) is 0 Å². The van der Waals surface area contributed by atoms with Crippen molar-refractivity contribution in [3.05, 3.63) is 36.4 Å². The molecule has 10 heavy (non-hydrogen) atoms. The van der Waals surface area contributed by atoms with Crippen LogP contribution in [0.2, 0.25) is 0 Å². The van der Waals surface area contributed by atoms with E-state index in [4.69, 9.17) is 0 Å². The molecule has 0 radical (unpaired) electrons. The molecule has 1 aromatic rings. The van der Waals surface area contributed by atoms with Crippen molar-refractivity contribution in [2.75, 3.05) is 0 Å². The molecule has 0 amide bonds. The third-order valence-corrected chi connectivity index (χ3v) is 0.667. The summed E-state index contributed by atoms with van der Waals surface area (Å²) in [5.41, 5.74) is 0. The van der Waals surface area contributed by atoms with Crippen LogP contribution in [-0.2, 0) is 24.9 Å². The van der Waals surface area contributed by atoms with Gasteiger partial charge < -0.3 is 0 Å². The fraction of sp³-hybridized carbons (Fsp3) is 0. The first-order valence-corrected chi connectivity index (χ1v) is 2.93. The summed E-state index contributed by atoms with van der Waals surface area (Å²) in [6.07, 6.45) is 0. The quantitative estimate of drug-likeness (QED) is 0.700. The van der Waals surface area contributed by atoms with Gasteiger partial charge in [-0.2, -0.15) is 3.84 Å². The number of benzene rings is 1.